The van der Waals surface area contributed by atoms with E-state index >= 15 is 0 Å². The first kappa shape index (κ1) is 10.8. The smallest absolute Gasteiger partial charge is 0.123 e. The average molecular weight is 216 g/mol. The van der Waals surface area contributed by atoms with Crippen LogP contribution in [-0.4, -0.2) is 5.11 Å². The molecule has 0 saturated heterocycles. The van der Waals surface area contributed by atoms with Gasteiger partial charge in [0.2, 0.25) is 0 Å². The van der Waals surface area contributed by atoms with Gasteiger partial charge < -0.3 is 5.11 Å². The van der Waals surface area contributed by atoms with Crippen LogP contribution in [-0.2, 0) is 6.61 Å². The predicted molar refractivity (Wildman–Crippen MR) is 62.5 cm³/mol. The number of hydrogen-bond donors (Lipinski definition) is 1. The summed E-state index contributed by atoms with van der Waals surface area (Å²) in [6.45, 7) is 2.00. The third-order valence-corrected chi connectivity index (χ3v) is 2.50. The predicted octanol–water partition coefficient (Wildman–Crippen LogP) is 3.29. The normalized spacial score (nSPS) is 10.4. The Kier molecular flexibility index (Phi) is 3.02. The number of aliphatic hydroxyl groups excluding tert-OH is 1. The maximum atomic E-state index is 12.8. The lowest BCUT2D eigenvalue weighted by atomic mass is 10.0. The van der Waals surface area contributed by atoms with Gasteiger partial charge in [0.05, 0.1) is 6.61 Å². The summed E-state index contributed by atoms with van der Waals surface area (Å²) in [7, 11) is 0. The summed E-state index contributed by atoms with van der Waals surface area (Å²) in [6, 6.07) is 12.2. The molecule has 0 unspecified atom stereocenters. The van der Waals surface area contributed by atoms with Gasteiger partial charge in [-0.25, -0.2) is 4.39 Å². The Morgan fingerprint density at radius 1 is 1.00 bits per heavy atom. The van der Waals surface area contributed by atoms with Crippen LogP contribution in [0.5, 0.6) is 0 Å². The van der Waals surface area contributed by atoms with Crippen LogP contribution in [0.3, 0.4) is 0 Å². The van der Waals surface area contributed by atoms with Gasteiger partial charge >= 0.3 is 0 Å². The van der Waals surface area contributed by atoms with E-state index < -0.39 is 0 Å². The van der Waals surface area contributed by atoms with Crippen molar-refractivity contribution < 1.29 is 9.50 Å². The highest BCUT2D eigenvalue weighted by Gasteiger charge is 2.01. The first-order chi connectivity index (χ1) is 7.69. The maximum absolute atomic E-state index is 12.8. The number of aliphatic hydroxyl groups is 1. The average Bonchev–Trinajstić information content (AvgIpc) is 2.29. The SMILES string of the molecule is Cc1cc(CO)cc(-c2ccc(F)cc2)c1. The molecule has 0 saturated carbocycles. The summed E-state index contributed by atoms with van der Waals surface area (Å²) < 4.78 is 12.8. The molecule has 2 aromatic carbocycles. The number of hydrogen-bond acceptors (Lipinski definition) is 1. The van der Waals surface area contributed by atoms with Gasteiger partial charge in [-0.3, -0.25) is 0 Å². The van der Waals surface area contributed by atoms with Gasteiger partial charge in [-0.2, -0.15) is 0 Å². The molecule has 2 rings (SSSR count). The van der Waals surface area contributed by atoms with Crippen molar-refractivity contribution >= 4 is 0 Å². The first-order valence-corrected chi connectivity index (χ1v) is 5.16. The second-order valence-electron chi connectivity index (χ2n) is 3.87. The van der Waals surface area contributed by atoms with Crippen LogP contribution in [0.1, 0.15) is 11.1 Å². The van der Waals surface area contributed by atoms with Gasteiger partial charge in [-0.05, 0) is 41.8 Å². The quantitative estimate of drug-likeness (QED) is 0.816. The van der Waals surface area contributed by atoms with Crippen molar-refractivity contribution in [1.29, 1.82) is 0 Å². The number of benzene rings is 2. The molecule has 82 valence electrons. The van der Waals surface area contributed by atoms with E-state index in [1.165, 1.54) is 12.1 Å². The molecule has 0 aliphatic rings. The summed E-state index contributed by atoms with van der Waals surface area (Å²) in [6.07, 6.45) is 0. The minimum absolute atomic E-state index is 0.0237. The zero-order valence-electron chi connectivity index (χ0n) is 9.07. The van der Waals surface area contributed by atoms with Crippen molar-refractivity contribution in [3.63, 3.8) is 0 Å². The molecule has 0 fully saturated rings. The molecule has 0 heterocycles. The van der Waals surface area contributed by atoms with E-state index in [0.29, 0.717) is 0 Å². The molecular formula is C14H13FO. The van der Waals surface area contributed by atoms with E-state index in [1.807, 2.05) is 25.1 Å². The Balaban J connectivity index is 2.47. The molecule has 0 aromatic heterocycles. The highest BCUT2D eigenvalue weighted by atomic mass is 19.1. The molecule has 0 amide bonds. The van der Waals surface area contributed by atoms with Gasteiger partial charge in [-0.1, -0.05) is 29.8 Å². The van der Waals surface area contributed by atoms with Gasteiger partial charge in [-0.15, -0.1) is 0 Å². The van der Waals surface area contributed by atoms with Crippen molar-refractivity contribution in [2.75, 3.05) is 0 Å². The third kappa shape index (κ3) is 2.28. The number of halogens is 1. The maximum Gasteiger partial charge on any atom is 0.123 e. The standard InChI is InChI=1S/C14H13FO/c1-10-6-11(9-16)8-13(7-10)12-2-4-14(15)5-3-12/h2-8,16H,9H2,1H3. The van der Waals surface area contributed by atoms with E-state index in [-0.39, 0.29) is 12.4 Å². The van der Waals surface area contributed by atoms with Gasteiger partial charge in [0.1, 0.15) is 5.82 Å². The minimum Gasteiger partial charge on any atom is -0.392 e. The molecule has 0 radical (unpaired) electrons. The largest absolute Gasteiger partial charge is 0.392 e. The highest BCUT2D eigenvalue weighted by Crippen LogP contribution is 2.22. The molecule has 0 aliphatic carbocycles. The molecule has 0 aliphatic heterocycles. The molecule has 1 nitrogen and oxygen atoms in total. The Bertz CT molecular complexity index is 489. The summed E-state index contributed by atoms with van der Waals surface area (Å²) >= 11 is 0. The molecule has 0 bridgehead atoms. The Hall–Kier alpha value is -1.67. The third-order valence-electron chi connectivity index (χ3n) is 2.50. The Morgan fingerprint density at radius 3 is 2.31 bits per heavy atom. The lowest BCUT2D eigenvalue weighted by molar-refractivity contribution is 0.282. The monoisotopic (exact) mass is 216 g/mol. The number of aryl methyl sites for hydroxylation is 1. The van der Waals surface area contributed by atoms with Crippen molar-refractivity contribution in [2.45, 2.75) is 13.5 Å². The summed E-state index contributed by atoms with van der Waals surface area (Å²) in [5.74, 6) is -0.237. The van der Waals surface area contributed by atoms with Crippen LogP contribution in [0, 0.1) is 12.7 Å². The molecule has 0 atom stereocenters. The second-order valence-corrected chi connectivity index (χ2v) is 3.87. The van der Waals surface area contributed by atoms with Crippen molar-refractivity contribution in [3.05, 3.63) is 59.4 Å². The molecule has 0 spiro atoms. The van der Waals surface area contributed by atoms with E-state index in [1.54, 1.807) is 12.1 Å². The van der Waals surface area contributed by atoms with E-state index in [2.05, 4.69) is 0 Å². The molecular weight excluding hydrogens is 203 g/mol. The van der Waals surface area contributed by atoms with Crippen LogP contribution < -0.4 is 0 Å². The second kappa shape index (κ2) is 4.45. The van der Waals surface area contributed by atoms with Crippen LogP contribution >= 0.6 is 0 Å². The van der Waals surface area contributed by atoms with Gasteiger partial charge in [0.25, 0.3) is 0 Å². The topological polar surface area (TPSA) is 20.2 Å². The zero-order chi connectivity index (χ0) is 11.5. The van der Waals surface area contributed by atoms with Gasteiger partial charge in [0, 0.05) is 0 Å². The Labute approximate surface area is 94.2 Å². The fourth-order valence-corrected chi connectivity index (χ4v) is 1.76. The summed E-state index contributed by atoms with van der Waals surface area (Å²) in [4.78, 5) is 0. The van der Waals surface area contributed by atoms with Crippen molar-refractivity contribution in [2.24, 2.45) is 0 Å². The summed E-state index contributed by atoms with van der Waals surface area (Å²) in [5, 5.41) is 9.12. The Morgan fingerprint density at radius 2 is 1.69 bits per heavy atom. The molecule has 2 heteroatoms. The molecule has 16 heavy (non-hydrogen) atoms. The van der Waals surface area contributed by atoms with Gasteiger partial charge in [0.15, 0.2) is 0 Å². The van der Waals surface area contributed by atoms with E-state index in [0.717, 1.165) is 22.3 Å². The van der Waals surface area contributed by atoms with E-state index in [4.69, 9.17) is 5.11 Å². The molecule has 1 N–H and O–H groups in total. The van der Waals surface area contributed by atoms with Crippen LogP contribution in [0.2, 0.25) is 0 Å². The summed E-state index contributed by atoms with van der Waals surface area (Å²) in [5.41, 5.74) is 3.93. The zero-order valence-corrected chi connectivity index (χ0v) is 9.07. The lowest BCUT2D eigenvalue weighted by Crippen LogP contribution is -1.87. The van der Waals surface area contributed by atoms with Crippen LogP contribution in [0.4, 0.5) is 4.39 Å². The fourth-order valence-electron chi connectivity index (χ4n) is 1.76. The van der Waals surface area contributed by atoms with E-state index in [9.17, 15) is 4.39 Å². The molecule has 2 aromatic rings. The highest BCUT2D eigenvalue weighted by molar-refractivity contribution is 5.65. The van der Waals surface area contributed by atoms with Crippen LogP contribution in [0.25, 0.3) is 11.1 Å². The minimum atomic E-state index is -0.237. The van der Waals surface area contributed by atoms with Crippen molar-refractivity contribution in [1.82, 2.24) is 0 Å². The van der Waals surface area contributed by atoms with Crippen LogP contribution in [0.15, 0.2) is 42.5 Å². The van der Waals surface area contributed by atoms with Crippen molar-refractivity contribution in [3.8, 4) is 11.1 Å². The first-order valence-electron chi connectivity index (χ1n) is 5.16. The lowest BCUT2D eigenvalue weighted by Gasteiger charge is -2.06. The fraction of sp³-hybridized carbons (Fsp3) is 0.143. The number of rotatable bonds is 2.